The van der Waals surface area contributed by atoms with Crippen LogP contribution in [0, 0.1) is 23.0 Å². The zero-order valence-electron chi connectivity index (χ0n) is 9.23. The number of benzene rings is 1. The van der Waals surface area contributed by atoms with Crippen LogP contribution in [0.2, 0.25) is 0 Å². The summed E-state index contributed by atoms with van der Waals surface area (Å²) in [6, 6.07) is 8.15. The molecule has 1 aromatic heterocycles. The molecule has 2 rings (SSSR count). The fourth-order valence-corrected chi connectivity index (χ4v) is 1.43. The highest BCUT2D eigenvalue weighted by Crippen LogP contribution is 2.17. The summed E-state index contributed by atoms with van der Waals surface area (Å²) >= 11 is 0. The van der Waals surface area contributed by atoms with Crippen molar-refractivity contribution in [3.8, 4) is 11.8 Å². The fraction of sp³-hybridized carbons (Fsp3) is 0.0769. The first kappa shape index (κ1) is 12.0. The van der Waals surface area contributed by atoms with Crippen molar-refractivity contribution in [2.45, 2.75) is 6.61 Å². The third kappa shape index (κ3) is 2.80. The average molecular weight is 246 g/mol. The number of rotatable bonds is 3. The minimum absolute atomic E-state index is 0.0274. The van der Waals surface area contributed by atoms with Crippen molar-refractivity contribution in [2.75, 3.05) is 0 Å². The van der Waals surface area contributed by atoms with Crippen LogP contribution in [0.3, 0.4) is 0 Å². The van der Waals surface area contributed by atoms with Crippen LogP contribution in [0.15, 0.2) is 36.5 Å². The molecule has 5 heteroatoms. The fourth-order valence-electron chi connectivity index (χ4n) is 1.43. The number of aromatic nitrogens is 1. The lowest BCUT2D eigenvalue weighted by Crippen LogP contribution is -2.00. The van der Waals surface area contributed by atoms with Crippen molar-refractivity contribution in [3.63, 3.8) is 0 Å². The van der Waals surface area contributed by atoms with E-state index in [1.165, 1.54) is 6.20 Å². The zero-order chi connectivity index (χ0) is 13.0. The Morgan fingerprint density at radius 2 is 1.94 bits per heavy atom. The molecule has 1 heterocycles. The smallest absolute Gasteiger partial charge is 0.147 e. The topological polar surface area (TPSA) is 45.9 Å². The molecule has 0 spiro atoms. The van der Waals surface area contributed by atoms with E-state index in [0.717, 1.165) is 18.2 Å². The number of hydrogen-bond donors (Lipinski definition) is 0. The summed E-state index contributed by atoms with van der Waals surface area (Å²) in [6.07, 6.45) is 1.49. The Morgan fingerprint density at radius 1 is 1.22 bits per heavy atom. The summed E-state index contributed by atoms with van der Waals surface area (Å²) in [4.78, 5) is 3.86. The third-order valence-electron chi connectivity index (χ3n) is 2.23. The summed E-state index contributed by atoms with van der Waals surface area (Å²) in [5, 5.41) is 8.82. The molecule has 0 atom stereocenters. The highest BCUT2D eigenvalue weighted by molar-refractivity contribution is 5.31. The highest BCUT2D eigenvalue weighted by Gasteiger charge is 2.05. The second-order valence-corrected chi connectivity index (χ2v) is 3.52. The largest absolute Gasteiger partial charge is 0.489 e. The van der Waals surface area contributed by atoms with E-state index < -0.39 is 11.6 Å². The summed E-state index contributed by atoms with van der Waals surface area (Å²) in [6.45, 7) is 0.0274. The number of ether oxygens (including phenoxy) is 1. The molecule has 18 heavy (non-hydrogen) atoms. The molecule has 0 saturated carbocycles. The van der Waals surface area contributed by atoms with Crippen molar-refractivity contribution in [3.05, 3.63) is 59.4 Å². The second-order valence-electron chi connectivity index (χ2n) is 3.52. The second kappa shape index (κ2) is 5.23. The normalized spacial score (nSPS) is 9.83. The van der Waals surface area contributed by atoms with Crippen molar-refractivity contribution in [2.24, 2.45) is 0 Å². The standard InChI is InChI=1S/C13H8F2N2O/c14-10-4-11(15)6-12(5-10)18-8-9-2-1-3-17-13(9)7-16/h1-6H,8H2. The Morgan fingerprint density at radius 3 is 2.61 bits per heavy atom. The van der Waals surface area contributed by atoms with Gasteiger partial charge in [-0.15, -0.1) is 0 Å². The van der Waals surface area contributed by atoms with E-state index in [0.29, 0.717) is 5.56 Å². The Bertz CT molecular complexity index is 588. The van der Waals surface area contributed by atoms with Gasteiger partial charge >= 0.3 is 0 Å². The van der Waals surface area contributed by atoms with Crippen LogP contribution < -0.4 is 4.74 Å². The van der Waals surface area contributed by atoms with Gasteiger partial charge in [0, 0.05) is 30.0 Å². The molecule has 90 valence electrons. The molecule has 0 amide bonds. The lowest BCUT2D eigenvalue weighted by atomic mass is 10.2. The van der Waals surface area contributed by atoms with Gasteiger partial charge in [-0.1, -0.05) is 6.07 Å². The van der Waals surface area contributed by atoms with Crippen molar-refractivity contribution in [1.29, 1.82) is 5.26 Å². The number of halogens is 2. The lowest BCUT2D eigenvalue weighted by Gasteiger charge is -2.07. The van der Waals surface area contributed by atoms with E-state index in [2.05, 4.69) is 4.98 Å². The third-order valence-corrected chi connectivity index (χ3v) is 2.23. The molecular formula is C13H8F2N2O. The van der Waals surface area contributed by atoms with E-state index >= 15 is 0 Å². The molecule has 2 aromatic rings. The van der Waals surface area contributed by atoms with Crippen LogP contribution in [0.5, 0.6) is 5.75 Å². The van der Waals surface area contributed by atoms with Gasteiger partial charge in [-0.05, 0) is 6.07 Å². The van der Waals surface area contributed by atoms with Crippen LogP contribution in [-0.2, 0) is 6.61 Å². The highest BCUT2D eigenvalue weighted by atomic mass is 19.1. The predicted octanol–water partition coefficient (Wildman–Crippen LogP) is 2.81. The first-order valence-electron chi connectivity index (χ1n) is 5.12. The average Bonchev–Trinajstić information content (AvgIpc) is 2.35. The van der Waals surface area contributed by atoms with Crippen LogP contribution in [0.4, 0.5) is 8.78 Å². The van der Waals surface area contributed by atoms with E-state index in [1.54, 1.807) is 12.1 Å². The summed E-state index contributed by atoms with van der Waals surface area (Å²) in [7, 11) is 0. The Balaban J connectivity index is 2.14. The van der Waals surface area contributed by atoms with Gasteiger partial charge in [0.05, 0.1) is 0 Å². The Labute approximate surface area is 102 Å². The summed E-state index contributed by atoms with van der Waals surface area (Å²) in [5.74, 6) is -1.35. The number of pyridine rings is 1. The maximum absolute atomic E-state index is 12.9. The molecule has 1 aromatic carbocycles. The molecule has 0 N–H and O–H groups in total. The summed E-state index contributed by atoms with van der Waals surface area (Å²) in [5.41, 5.74) is 0.791. The minimum atomic E-state index is -0.711. The van der Waals surface area contributed by atoms with E-state index in [1.807, 2.05) is 6.07 Å². The monoisotopic (exact) mass is 246 g/mol. The maximum atomic E-state index is 12.9. The SMILES string of the molecule is N#Cc1ncccc1COc1cc(F)cc(F)c1. The van der Waals surface area contributed by atoms with Crippen molar-refractivity contribution >= 4 is 0 Å². The Kier molecular flexibility index (Phi) is 3.49. The van der Waals surface area contributed by atoms with Crippen LogP contribution in [0.1, 0.15) is 11.3 Å². The van der Waals surface area contributed by atoms with E-state index in [-0.39, 0.29) is 18.1 Å². The molecule has 3 nitrogen and oxygen atoms in total. The van der Waals surface area contributed by atoms with Gasteiger partial charge < -0.3 is 4.74 Å². The predicted molar refractivity (Wildman–Crippen MR) is 59.6 cm³/mol. The molecule has 0 aliphatic rings. The molecule has 0 unspecified atom stereocenters. The molecule has 0 fully saturated rings. The van der Waals surface area contributed by atoms with E-state index in [9.17, 15) is 8.78 Å². The molecular weight excluding hydrogens is 238 g/mol. The quantitative estimate of drug-likeness (QED) is 0.836. The molecule has 0 radical (unpaired) electrons. The number of hydrogen-bond acceptors (Lipinski definition) is 3. The maximum Gasteiger partial charge on any atom is 0.147 e. The van der Waals surface area contributed by atoms with Gasteiger partial charge in [0.1, 0.15) is 35.8 Å². The van der Waals surface area contributed by atoms with Crippen molar-refractivity contribution in [1.82, 2.24) is 4.98 Å². The molecule has 0 aliphatic heterocycles. The summed E-state index contributed by atoms with van der Waals surface area (Å²) < 4.78 is 31.1. The van der Waals surface area contributed by atoms with Crippen LogP contribution in [0.25, 0.3) is 0 Å². The molecule has 0 aliphatic carbocycles. The molecule has 0 saturated heterocycles. The minimum Gasteiger partial charge on any atom is -0.489 e. The zero-order valence-corrected chi connectivity index (χ0v) is 9.23. The van der Waals surface area contributed by atoms with E-state index in [4.69, 9.17) is 10.00 Å². The first-order valence-corrected chi connectivity index (χ1v) is 5.12. The van der Waals surface area contributed by atoms with Crippen molar-refractivity contribution < 1.29 is 13.5 Å². The molecule has 0 bridgehead atoms. The first-order chi connectivity index (χ1) is 8.69. The van der Waals surface area contributed by atoms with Gasteiger partial charge in [-0.3, -0.25) is 0 Å². The number of nitrogens with zero attached hydrogens (tertiary/aromatic N) is 2. The van der Waals surface area contributed by atoms with Gasteiger partial charge in [0.25, 0.3) is 0 Å². The van der Waals surface area contributed by atoms with Gasteiger partial charge in [-0.2, -0.15) is 5.26 Å². The Hall–Kier alpha value is -2.48. The van der Waals surface area contributed by atoms with Gasteiger partial charge in [0.2, 0.25) is 0 Å². The van der Waals surface area contributed by atoms with Crippen LogP contribution in [-0.4, -0.2) is 4.98 Å². The van der Waals surface area contributed by atoms with Crippen LogP contribution >= 0.6 is 0 Å². The lowest BCUT2D eigenvalue weighted by molar-refractivity contribution is 0.302. The van der Waals surface area contributed by atoms with Gasteiger partial charge in [-0.25, -0.2) is 13.8 Å². The number of nitriles is 1. The van der Waals surface area contributed by atoms with Gasteiger partial charge in [0.15, 0.2) is 0 Å².